The highest BCUT2D eigenvalue weighted by Gasteiger charge is 2.18. The van der Waals surface area contributed by atoms with Crippen LogP contribution < -0.4 is 0 Å². The quantitative estimate of drug-likeness (QED) is 0.551. The fourth-order valence-corrected chi connectivity index (χ4v) is 3.19. The minimum absolute atomic E-state index is 0.271. The highest BCUT2D eigenvalue weighted by molar-refractivity contribution is 5.94. The molecular formula is C21H17FN2O. The Balaban J connectivity index is 2.09. The van der Waals surface area contributed by atoms with Crippen molar-refractivity contribution in [3.8, 4) is 22.7 Å². The van der Waals surface area contributed by atoms with Gasteiger partial charge in [0.1, 0.15) is 11.6 Å². The summed E-state index contributed by atoms with van der Waals surface area (Å²) in [5.41, 5.74) is 4.31. The van der Waals surface area contributed by atoms with Gasteiger partial charge in [-0.05, 0) is 55.3 Å². The van der Waals surface area contributed by atoms with Crippen LogP contribution in [0.3, 0.4) is 0 Å². The third-order valence-electron chi connectivity index (χ3n) is 4.43. The van der Waals surface area contributed by atoms with Gasteiger partial charge in [-0.3, -0.25) is 0 Å². The summed E-state index contributed by atoms with van der Waals surface area (Å²) < 4.78 is 16.3. The van der Waals surface area contributed by atoms with E-state index >= 15 is 0 Å². The lowest BCUT2D eigenvalue weighted by Gasteiger charge is -2.12. The molecule has 0 amide bonds. The van der Waals surface area contributed by atoms with Crippen molar-refractivity contribution < 1.29 is 9.50 Å². The van der Waals surface area contributed by atoms with Crippen LogP contribution in [0.25, 0.3) is 27.8 Å². The summed E-state index contributed by atoms with van der Waals surface area (Å²) in [4.78, 5) is 0. The van der Waals surface area contributed by atoms with Gasteiger partial charge in [0.05, 0.1) is 16.9 Å². The number of halogens is 1. The summed E-state index contributed by atoms with van der Waals surface area (Å²) in [6, 6.07) is 18.1. The first-order valence-electron chi connectivity index (χ1n) is 8.09. The van der Waals surface area contributed by atoms with E-state index < -0.39 is 0 Å². The SMILES string of the molecule is Cc1cc(-n2nc3ccccc3c2-c2ccccc2F)cc(C)c1O. The van der Waals surface area contributed by atoms with Crippen LogP contribution in [0.2, 0.25) is 0 Å². The molecule has 4 heteroatoms. The molecule has 0 spiro atoms. The normalized spacial score (nSPS) is 11.2. The maximum absolute atomic E-state index is 14.5. The maximum Gasteiger partial charge on any atom is 0.132 e. The lowest BCUT2D eigenvalue weighted by atomic mass is 10.1. The summed E-state index contributed by atoms with van der Waals surface area (Å²) >= 11 is 0. The van der Waals surface area contributed by atoms with Crippen LogP contribution in [0.1, 0.15) is 11.1 Å². The number of hydrogen-bond acceptors (Lipinski definition) is 2. The highest BCUT2D eigenvalue weighted by atomic mass is 19.1. The molecular weight excluding hydrogens is 315 g/mol. The number of nitrogens with zero attached hydrogens (tertiary/aromatic N) is 2. The standard InChI is InChI=1S/C21H17FN2O/c1-13-11-15(12-14(2)21(13)25)24-20(16-7-3-5-9-18(16)22)17-8-4-6-10-19(17)23-24/h3-12,25H,1-2H3. The average molecular weight is 332 g/mol. The Morgan fingerprint density at radius 2 is 1.56 bits per heavy atom. The highest BCUT2D eigenvalue weighted by Crippen LogP contribution is 2.34. The van der Waals surface area contributed by atoms with E-state index in [1.165, 1.54) is 6.07 Å². The number of aromatic hydroxyl groups is 1. The number of hydrogen-bond donors (Lipinski definition) is 1. The van der Waals surface area contributed by atoms with E-state index in [-0.39, 0.29) is 11.6 Å². The van der Waals surface area contributed by atoms with Gasteiger partial charge in [0.2, 0.25) is 0 Å². The second kappa shape index (κ2) is 5.74. The molecule has 0 saturated heterocycles. The Hall–Kier alpha value is -3.14. The van der Waals surface area contributed by atoms with Crippen molar-refractivity contribution in [3.05, 3.63) is 77.6 Å². The molecule has 0 saturated carbocycles. The minimum Gasteiger partial charge on any atom is -0.507 e. The van der Waals surface area contributed by atoms with Gasteiger partial charge >= 0.3 is 0 Å². The molecule has 4 aromatic rings. The molecule has 0 aliphatic rings. The average Bonchev–Trinajstić information content (AvgIpc) is 2.99. The first-order valence-corrected chi connectivity index (χ1v) is 8.09. The molecule has 1 heterocycles. The smallest absolute Gasteiger partial charge is 0.132 e. The topological polar surface area (TPSA) is 38.0 Å². The molecule has 0 fully saturated rings. The molecule has 0 atom stereocenters. The van der Waals surface area contributed by atoms with Crippen molar-refractivity contribution in [2.75, 3.05) is 0 Å². The fourth-order valence-electron chi connectivity index (χ4n) is 3.19. The molecule has 0 radical (unpaired) electrons. The molecule has 0 bridgehead atoms. The molecule has 1 N–H and O–H groups in total. The second-order valence-electron chi connectivity index (χ2n) is 6.19. The number of rotatable bonds is 2. The van der Waals surface area contributed by atoms with Gasteiger partial charge in [0.15, 0.2) is 0 Å². The lowest BCUT2D eigenvalue weighted by molar-refractivity contribution is 0.466. The van der Waals surface area contributed by atoms with Crippen molar-refractivity contribution in [2.45, 2.75) is 13.8 Å². The predicted molar refractivity (Wildman–Crippen MR) is 97.6 cm³/mol. The maximum atomic E-state index is 14.5. The number of benzene rings is 3. The number of phenols is 1. The zero-order valence-electron chi connectivity index (χ0n) is 14.0. The first-order chi connectivity index (χ1) is 12.1. The van der Waals surface area contributed by atoms with E-state index in [1.54, 1.807) is 16.8 Å². The van der Waals surface area contributed by atoms with Gasteiger partial charge in [-0.1, -0.05) is 30.3 Å². The first kappa shape index (κ1) is 15.4. The van der Waals surface area contributed by atoms with Gasteiger partial charge in [-0.25, -0.2) is 9.07 Å². The summed E-state index contributed by atoms with van der Waals surface area (Å²) in [6.07, 6.45) is 0. The molecule has 3 aromatic carbocycles. The molecule has 0 unspecified atom stereocenters. The summed E-state index contributed by atoms with van der Waals surface area (Å²) in [5, 5.41) is 15.6. The summed E-state index contributed by atoms with van der Waals surface area (Å²) in [6.45, 7) is 3.69. The Bertz CT molecular complexity index is 1080. The van der Waals surface area contributed by atoms with Crippen molar-refractivity contribution >= 4 is 10.9 Å². The molecule has 1 aromatic heterocycles. The lowest BCUT2D eigenvalue weighted by Crippen LogP contribution is -2.01. The number of fused-ring (bicyclic) bond motifs is 1. The van der Waals surface area contributed by atoms with E-state index in [2.05, 4.69) is 5.10 Å². The van der Waals surface area contributed by atoms with Gasteiger partial charge in [-0.2, -0.15) is 5.10 Å². The Kier molecular flexibility index (Phi) is 3.53. The van der Waals surface area contributed by atoms with Crippen LogP contribution in [0.4, 0.5) is 4.39 Å². The van der Waals surface area contributed by atoms with Crippen molar-refractivity contribution in [3.63, 3.8) is 0 Å². The van der Waals surface area contributed by atoms with Crippen LogP contribution in [0.5, 0.6) is 5.75 Å². The van der Waals surface area contributed by atoms with E-state index in [9.17, 15) is 9.50 Å². The Labute approximate surface area is 145 Å². The number of aromatic nitrogens is 2. The molecule has 25 heavy (non-hydrogen) atoms. The summed E-state index contributed by atoms with van der Waals surface area (Å²) in [7, 11) is 0. The van der Waals surface area contributed by atoms with Crippen molar-refractivity contribution in [2.24, 2.45) is 0 Å². The van der Waals surface area contributed by atoms with Crippen molar-refractivity contribution in [1.29, 1.82) is 0 Å². The van der Waals surface area contributed by atoms with E-state index in [0.29, 0.717) is 11.3 Å². The molecule has 124 valence electrons. The van der Waals surface area contributed by atoms with E-state index in [0.717, 1.165) is 27.7 Å². The Morgan fingerprint density at radius 1 is 0.920 bits per heavy atom. The monoisotopic (exact) mass is 332 g/mol. The summed E-state index contributed by atoms with van der Waals surface area (Å²) in [5.74, 6) is -0.0190. The van der Waals surface area contributed by atoms with Gasteiger partial charge in [0.25, 0.3) is 0 Å². The Morgan fingerprint density at radius 3 is 2.28 bits per heavy atom. The van der Waals surface area contributed by atoms with Gasteiger partial charge in [-0.15, -0.1) is 0 Å². The van der Waals surface area contributed by atoms with E-state index in [4.69, 9.17) is 0 Å². The second-order valence-corrected chi connectivity index (χ2v) is 6.19. The van der Waals surface area contributed by atoms with Crippen molar-refractivity contribution in [1.82, 2.24) is 9.78 Å². The molecule has 3 nitrogen and oxygen atoms in total. The number of aryl methyl sites for hydroxylation is 2. The van der Waals surface area contributed by atoms with Crippen LogP contribution in [0.15, 0.2) is 60.7 Å². The van der Waals surface area contributed by atoms with Crippen LogP contribution in [0, 0.1) is 19.7 Å². The minimum atomic E-state index is -0.290. The molecule has 0 aliphatic carbocycles. The zero-order chi connectivity index (χ0) is 17.6. The van der Waals surface area contributed by atoms with Crippen LogP contribution in [-0.2, 0) is 0 Å². The largest absolute Gasteiger partial charge is 0.507 e. The third kappa shape index (κ3) is 2.47. The predicted octanol–water partition coefficient (Wildman–Crippen LogP) is 5.15. The van der Waals surface area contributed by atoms with Gasteiger partial charge < -0.3 is 5.11 Å². The fraction of sp³-hybridized carbons (Fsp3) is 0.0952. The van der Waals surface area contributed by atoms with Crippen LogP contribution in [-0.4, -0.2) is 14.9 Å². The number of phenolic OH excluding ortho intramolecular Hbond substituents is 1. The van der Waals surface area contributed by atoms with E-state index in [1.807, 2.05) is 56.3 Å². The third-order valence-corrected chi connectivity index (χ3v) is 4.43. The molecule has 4 rings (SSSR count). The van der Waals surface area contributed by atoms with Crippen LogP contribution >= 0.6 is 0 Å². The zero-order valence-corrected chi connectivity index (χ0v) is 14.0. The molecule has 0 aliphatic heterocycles. The van der Waals surface area contributed by atoms with Gasteiger partial charge in [0, 0.05) is 10.9 Å².